The van der Waals surface area contributed by atoms with Crippen LogP contribution in [0.15, 0.2) is 30.3 Å². The topological polar surface area (TPSA) is 42.0 Å². The van der Waals surface area contributed by atoms with Crippen molar-refractivity contribution < 1.29 is 4.79 Å². The van der Waals surface area contributed by atoms with Crippen LogP contribution in [0.1, 0.15) is 35.6 Å². The van der Waals surface area contributed by atoms with Crippen LogP contribution in [0, 0.1) is 12.8 Å². The minimum Gasteiger partial charge on any atom is -0.351 e. The zero-order valence-corrected chi connectivity index (χ0v) is 13.0. The number of amides is 1. The Morgan fingerprint density at radius 1 is 1.30 bits per heavy atom. The first-order chi connectivity index (χ1) is 9.58. The zero-order valence-electron chi connectivity index (χ0n) is 12.1. The monoisotopic (exact) mass is 288 g/mol. The molecule has 0 fully saturated rings. The van der Waals surface area contributed by atoms with E-state index >= 15 is 0 Å². The zero-order chi connectivity index (χ0) is 14.5. The molecule has 0 unspecified atom stereocenters. The quantitative estimate of drug-likeness (QED) is 0.906. The fourth-order valence-corrected chi connectivity index (χ4v) is 2.79. The molecule has 20 heavy (non-hydrogen) atoms. The molecule has 0 aliphatic rings. The molecular weight excluding hydrogens is 268 g/mol. The number of hydrogen-bond donors (Lipinski definition) is 1. The Morgan fingerprint density at radius 2 is 2.00 bits per heavy atom. The summed E-state index contributed by atoms with van der Waals surface area (Å²) in [5.41, 5.74) is 1.61. The van der Waals surface area contributed by atoms with E-state index in [1.165, 1.54) is 0 Å². The van der Waals surface area contributed by atoms with Gasteiger partial charge in [0.25, 0.3) is 5.91 Å². The van der Waals surface area contributed by atoms with Crippen LogP contribution in [-0.2, 0) is 0 Å². The maximum atomic E-state index is 12.1. The van der Waals surface area contributed by atoms with Gasteiger partial charge in [-0.25, -0.2) is 4.98 Å². The van der Waals surface area contributed by atoms with Crippen LogP contribution < -0.4 is 5.32 Å². The largest absolute Gasteiger partial charge is 0.351 e. The fourth-order valence-electron chi connectivity index (χ4n) is 1.87. The number of rotatable bonds is 5. The predicted molar refractivity (Wildman–Crippen MR) is 84.1 cm³/mol. The van der Waals surface area contributed by atoms with Gasteiger partial charge in [0.1, 0.15) is 10.7 Å². The van der Waals surface area contributed by atoms with Crippen LogP contribution in [0.4, 0.5) is 0 Å². The molecule has 4 heteroatoms. The van der Waals surface area contributed by atoms with Crippen molar-refractivity contribution in [3.05, 3.63) is 40.9 Å². The highest BCUT2D eigenvalue weighted by molar-refractivity contribution is 7.15. The molecule has 1 amide bonds. The lowest BCUT2D eigenvalue weighted by Gasteiger charge is -2.05. The Morgan fingerprint density at radius 3 is 2.65 bits per heavy atom. The maximum Gasteiger partial charge on any atom is 0.271 e. The van der Waals surface area contributed by atoms with Crippen LogP contribution in [0.5, 0.6) is 0 Å². The van der Waals surface area contributed by atoms with Crippen molar-refractivity contribution in [1.29, 1.82) is 0 Å². The van der Waals surface area contributed by atoms with Gasteiger partial charge in [0.15, 0.2) is 0 Å². The number of nitrogens with zero attached hydrogens (tertiary/aromatic N) is 1. The van der Waals surface area contributed by atoms with Crippen molar-refractivity contribution in [2.45, 2.75) is 27.2 Å². The Hall–Kier alpha value is -1.68. The van der Waals surface area contributed by atoms with Gasteiger partial charge in [0, 0.05) is 17.0 Å². The lowest BCUT2D eigenvalue weighted by Crippen LogP contribution is -2.26. The summed E-state index contributed by atoms with van der Waals surface area (Å²) in [4.78, 5) is 17.6. The highest BCUT2D eigenvalue weighted by Crippen LogP contribution is 2.27. The summed E-state index contributed by atoms with van der Waals surface area (Å²) in [5.74, 6) is 0.522. The molecular formula is C16H20N2OS. The highest BCUT2D eigenvalue weighted by Gasteiger charge is 2.15. The molecule has 0 bridgehead atoms. The second kappa shape index (κ2) is 6.66. The first-order valence-corrected chi connectivity index (χ1v) is 7.70. The third-order valence-corrected chi connectivity index (χ3v) is 4.06. The summed E-state index contributed by atoms with van der Waals surface area (Å²) >= 11 is 1.56. The molecule has 0 aliphatic heterocycles. The van der Waals surface area contributed by atoms with Gasteiger partial charge in [-0.2, -0.15) is 0 Å². The number of carbonyl (C=O) groups is 1. The van der Waals surface area contributed by atoms with E-state index in [0.717, 1.165) is 21.9 Å². The fraction of sp³-hybridized carbons (Fsp3) is 0.375. The van der Waals surface area contributed by atoms with E-state index < -0.39 is 0 Å². The Balaban J connectivity index is 2.10. The number of carbonyl (C=O) groups excluding carboxylic acids is 1. The van der Waals surface area contributed by atoms with Crippen molar-refractivity contribution in [2.75, 3.05) is 6.54 Å². The molecule has 0 radical (unpaired) electrons. The van der Waals surface area contributed by atoms with E-state index in [0.29, 0.717) is 18.2 Å². The van der Waals surface area contributed by atoms with E-state index in [2.05, 4.69) is 24.1 Å². The lowest BCUT2D eigenvalue weighted by atomic mass is 10.1. The predicted octanol–water partition coefficient (Wildman–Crippen LogP) is 3.89. The van der Waals surface area contributed by atoms with Gasteiger partial charge in [0.05, 0.1) is 0 Å². The number of nitrogens with one attached hydrogen (secondary N) is 1. The van der Waals surface area contributed by atoms with Gasteiger partial charge < -0.3 is 5.32 Å². The number of aromatic nitrogens is 1. The van der Waals surface area contributed by atoms with E-state index in [9.17, 15) is 4.79 Å². The van der Waals surface area contributed by atoms with Gasteiger partial charge in [-0.1, -0.05) is 44.2 Å². The molecule has 1 aromatic heterocycles. The molecule has 0 saturated carbocycles. The number of hydrogen-bond acceptors (Lipinski definition) is 3. The second-order valence-electron chi connectivity index (χ2n) is 5.23. The molecule has 0 saturated heterocycles. The van der Waals surface area contributed by atoms with Crippen molar-refractivity contribution in [3.63, 3.8) is 0 Å². The molecule has 0 atom stereocenters. The molecule has 106 valence electrons. The highest BCUT2D eigenvalue weighted by atomic mass is 32.1. The Labute approximate surface area is 124 Å². The van der Waals surface area contributed by atoms with E-state index in [1.807, 2.05) is 37.3 Å². The minimum atomic E-state index is -0.0680. The number of aryl methyl sites for hydroxylation is 1. The third-order valence-electron chi connectivity index (χ3n) is 3.04. The average Bonchev–Trinajstić information content (AvgIpc) is 2.81. The third kappa shape index (κ3) is 3.67. The summed E-state index contributed by atoms with van der Waals surface area (Å²) in [6, 6.07) is 9.96. The van der Waals surface area contributed by atoms with Crippen LogP contribution in [0.3, 0.4) is 0 Å². The summed E-state index contributed by atoms with van der Waals surface area (Å²) in [6.45, 7) is 6.94. The van der Waals surface area contributed by atoms with Crippen molar-refractivity contribution >= 4 is 17.2 Å². The molecule has 1 aromatic carbocycles. The molecule has 2 rings (SSSR count). The van der Waals surface area contributed by atoms with Crippen LogP contribution in [0.2, 0.25) is 0 Å². The molecule has 2 aromatic rings. The summed E-state index contributed by atoms with van der Waals surface area (Å²) in [6.07, 6.45) is 0.987. The molecule has 1 heterocycles. The average molecular weight is 288 g/mol. The van der Waals surface area contributed by atoms with Gasteiger partial charge in [-0.15, -0.1) is 11.3 Å². The van der Waals surface area contributed by atoms with E-state index in [1.54, 1.807) is 11.3 Å². The normalized spacial score (nSPS) is 10.8. The molecule has 0 spiro atoms. The van der Waals surface area contributed by atoms with Gasteiger partial charge in [-0.05, 0) is 19.3 Å². The lowest BCUT2D eigenvalue weighted by molar-refractivity contribution is 0.0947. The van der Waals surface area contributed by atoms with Crippen molar-refractivity contribution in [2.24, 2.45) is 5.92 Å². The number of thiazole rings is 1. The van der Waals surface area contributed by atoms with Crippen LogP contribution in [0.25, 0.3) is 10.6 Å². The summed E-state index contributed by atoms with van der Waals surface area (Å²) in [5, 5.41) is 3.84. The first-order valence-electron chi connectivity index (χ1n) is 6.89. The molecule has 1 N–H and O–H groups in total. The van der Waals surface area contributed by atoms with E-state index in [4.69, 9.17) is 0 Å². The van der Waals surface area contributed by atoms with Gasteiger partial charge in [0.2, 0.25) is 0 Å². The first kappa shape index (κ1) is 14.7. The molecule has 3 nitrogen and oxygen atoms in total. The Bertz CT molecular complexity index is 575. The van der Waals surface area contributed by atoms with Crippen molar-refractivity contribution in [3.8, 4) is 10.6 Å². The van der Waals surface area contributed by atoms with Gasteiger partial charge >= 0.3 is 0 Å². The van der Waals surface area contributed by atoms with Gasteiger partial charge in [-0.3, -0.25) is 4.79 Å². The standard InChI is InChI=1S/C16H20N2OS/c1-11(2)9-10-17-15(19)14-12(3)20-16(18-14)13-7-5-4-6-8-13/h4-8,11H,9-10H2,1-3H3,(H,17,19). The second-order valence-corrected chi connectivity index (χ2v) is 6.43. The maximum absolute atomic E-state index is 12.1. The van der Waals surface area contributed by atoms with Crippen molar-refractivity contribution in [1.82, 2.24) is 10.3 Å². The smallest absolute Gasteiger partial charge is 0.271 e. The summed E-state index contributed by atoms with van der Waals surface area (Å²) in [7, 11) is 0. The number of benzene rings is 1. The minimum absolute atomic E-state index is 0.0680. The Kier molecular flexibility index (Phi) is 4.90. The SMILES string of the molecule is Cc1sc(-c2ccccc2)nc1C(=O)NCCC(C)C. The summed E-state index contributed by atoms with van der Waals surface area (Å²) < 4.78 is 0. The molecule has 0 aliphatic carbocycles. The van der Waals surface area contributed by atoms with E-state index in [-0.39, 0.29) is 5.91 Å². The van der Waals surface area contributed by atoms with Crippen LogP contribution in [-0.4, -0.2) is 17.4 Å². The van der Waals surface area contributed by atoms with Crippen LogP contribution >= 0.6 is 11.3 Å².